The van der Waals surface area contributed by atoms with Crippen molar-refractivity contribution >= 4 is 5.91 Å². The van der Waals surface area contributed by atoms with E-state index in [1.165, 1.54) is 0 Å². The average molecular weight is 349 g/mol. The van der Waals surface area contributed by atoms with E-state index in [1.807, 2.05) is 30.3 Å². The van der Waals surface area contributed by atoms with Crippen molar-refractivity contribution in [1.29, 1.82) is 0 Å². The third-order valence-corrected chi connectivity index (χ3v) is 4.68. The van der Waals surface area contributed by atoms with Gasteiger partial charge in [0.25, 0.3) is 5.91 Å². The number of hydrogen-bond donors (Lipinski definition) is 2. The molecule has 1 amide bonds. The first kappa shape index (κ1) is 16.3. The number of pyridine rings is 1. The van der Waals surface area contributed by atoms with Gasteiger partial charge in [0.15, 0.2) is 5.82 Å². The Bertz CT molecular complexity index is 977. The summed E-state index contributed by atoms with van der Waals surface area (Å²) in [6.07, 6.45) is 5.88. The van der Waals surface area contributed by atoms with Crippen molar-refractivity contribution in [2.24, 2.45) is 0 Å². The zero-order valence-electron chi connectivity index (χ0n) is 14.2. The van der Waals surface area contributed by atoms with E-state index in [4.69, 9.17) is 0 Å². The van der Waals surface area contributed by atoms with Crippen LogP contribution >= 0.6 is 0 Å². The van der Waals surface area contributed by atoms with Crippen molar-refractivity contribution in [3.05, 3.63) is 70.7 Å². The average Bonchev–Trinajstić information content (AvgIpc) is 2.93. The summed E-state index contributed by atoms with van der Waals surface area (Å²) in [6.45, 7) is 0.627. The molecule has 0 spiro atoms. The Hall–Kier alpha value is -3.22. The number of amides is 1. The monoisotopic (exact) mass is 349 g/mol. The normalized spacial score (nSPS) is 16.5. The van der Waals surface area contributed by atoms with Gasteiger partial charge in [0.2, 0.25) is 0 Å². The van der Waals surface area contributed by atoms with Gasteiger partial charge in [-0.25, -0.2) is 9.89 Å². The van der Waals surface area contributed by atoms with Gasteiger partial charge in [-0.2, -0.15) is 5.10 Å². The highest BCUT2D eigenvalue weighted by Crippen LogP contribution is 2.25. The van der Waals surface area contributed by atoms with E-state index in [-0.39, 0.29) is 17.6 Å². The van der Waals surface area contributed by atoms with Crippen LogP contribution < -0.4 is 11.0 Å². The molecule has 1 unspecified atom stereocenters. The first-order chi connectivity index (χ1) is 12.7. The Morgan fingerprint density at radius 1 is 1.19 bits per heavy atom. The molecule has 0 saturated carbocycles. The molecule has 1 atom stereocenters. The molecule has 1 aliphatic rings. The fourth-order valence-electron chi connectivity index (χ4n) is 3.37. The predicted molar refractivity (Wildman–Crippen MR) is 96.6 cm³/mol. The maximum absolute atomic E-state index is 13.0. The van der Waals surface area contributed by atoms with Gasteiger partial charge in [-0.15, -0.1) is 0 Å². The van der Waals surface area contributed by atoms with Crippen LogP contribution in [0.1, 0.15) is 41.5 Å². The zero-order chi connectivity index (χ0) is 17.9. The van der Waals surface area contributed by atoms with E-state index >= 15 is 0 Å². The number of carbonyl (C=O) groups is 1. The highest BCUT2D eigenvalue weighted by molar-refractivity contribution is 6.00. The van der Waals surface area contributed by atoms with Gasteiger partial charge in [-0.3, -0.25) is 14.3 Å². The fraction of sp³-hybridized carbons (Fsp3) is 0.263. The van der Waals surface area contributed by atoms with Crippen LogP contribution in [0.4, 0.5) is 0 Å². The summed E-state index contributed by atoms with van der Waals surface area (Å²) >= 11 is 0. The Morgan fingerprint density at radius 2 is 2.04 bits per heavy atom. The standard InChI is InChI=1S/C19H19N5O2/c25-18(14-9-10-20-12-15(14)13-6-2-1-3-7-13)21-16-8-4-5-11-24-17(16)22-23-19(24)26/h1-3,6-7,9-10,12,16H,4-5,8,11H2,(H,21,25)(H,23,26). The molecular weight excluding hydrogens is 330 g/mol. The largest absolute Gasteiger partial charge is 0.343 e. The lowest BCUT2D eigenvalue weighted by atomic mass is 10.0. The van der Waals surface area contributed by atoms with Crippen LogP contribution in [0, 0.1) is 0 Å². The molecule has 2 N–H and O–H groups in total. The highest BCUT2D eigenvalue weighted by atomic mass is 16.2. The smallest absolute Gasteiger partial charge is 0.342 e. The number of carbonyl (C=O) groups excluding carboxylic acids is 1. The number of fused-ring (bicyclic) bond motifs is 1. The summed E-state index contributed by atoms with van der Waals surface area (Å²) in [4.78, 5) is 29.0. The molecule has 1 aliphatic heterocycles. The third-order valence-electron chi connectivity index (χ3n) is 4.68. The summed E-state index contributed by atoms with van der Waals surface area (Å²) in [5.74, 6) is 0.399. The second-order valence-corrected chi connectivity index (χ2v) is 6.35. The molecule has 0 aliphatic carbocycles. The minimum Gasteiger partial charge on any atom is -0.342 e. The lowest BCUT2D eigenvalue weighted by molar-refractivity contribution is 0.0933. The number of nitrogens with zero attached hydrogens (tertiary/aromatic N) is 3. The molecule has 0 fully saturated rings. The first-order valence-corrected chi connectivity index (χ1v) is 8.69. The molecule has 132 valence electrons. The summed E-state index contributed by atoms with van der Waals surface area (Å²) in [5.41, 5.74) is 2.04. The summed E-state index contributed by atoms with van der Waals surface area (Å²) in [7, 11) is 0. The summed E-state index contributed by atoms with van der Waals surface area (Å²) in [5, 5.41) is 9.65. The quantitative estimate of drug-likeness (QED) is 0.759. The Kier molecular flexibility index (Phi) is 4.35. The maximum atomic E-state index is 13.0. The Morgan fingerprint density at radius 3 is 2.88 bits per heavy atom. The molecule has 0 bridgehead atoms. The van der Waals surface area contributed by atoms with Crippen molar-refractivity contribution < 1.29 is 4.79 Å². The molecule has 3 heterocycles. The predicted octanol–water partition coefficient (Wildman–Crippen LogP) is 2.29. The SMILES string of the molecule is O=C(NC1CCCCn2c1n[nH]c2=O)c1ccncc1-c1ccccc1. The lowest BCUT2D eigenvalue weighted by Gasteiger charge is -2.17. The summed E-state index contributed by atoms with van der Waals surface area (Å²) < 4.78 is 1.61. The number of benzene rings is 1. The van der Waals surface area contributed by atoms with E-state index in [9.17, 15) is 9.59 Å². The lowest BCUT2D eigenvalue weighted by Crippen LogP contribution is -2.31. The first-order valence-electron chi connectivity index (χ1n) is 8.69. The van der Waals surface area contributed by atoms with Crippen LogP contribution in [-0.4, -0.2) is 25.7 Å². The third kappa shape index (κ3) is 3.03. The minimum absolute atomic E-state index is 0.194. The van der Waals surface area contributed by atoms with Gasteiger partial charge in [0.05, 0.1) is 11.6 Å². The number of nitrogens with one attached hydrogen (secondary N) is 2. The molecular formula is C19H19N5O2. The number of aromatic amines is 1. The fourth-order valence-corrected chi connectivity index (χ4v) is 3.37. The van der Waals surface area contributed by atoms with Gasteiger partial charge >= 0.3 is 5.69 Å². The van der Waals surface area contributed by atoms with Gasteiger partial charge in [-0.05, 0) is 30.9 Å². The van der Waals surface area contributed by atoms with Crippen molar-refractivity contribution in [2.45, 2.75) is 31.8 Å². The van der Waals surface area contributed by atoms with E-state index in [0.717, 1.165) is 30.4 Å². The van der Waals surface area contributed by atoms with E-state index in [0.29, 0.717) is 17.9 Å². The number of hydrogen-bond acceptors (Lipinski definition) is 4. The van der Waals surface area contributed by atoms with E-state index in [2.05, 4.69) is 20.5 Å². The van der Waals surface area contributed by atoms with Crippen molar-refractivity contribution in [3.63, 3.8) is 0 Å². The molecule has 1 aromatic carbocycles. The second-order valence-electron chi connectivity index (χ2n) is 6.35. The van der Waals surface area contributed by atoms with Crippen molar-refractivity contribution in [2.75, 3.05) is 0 Å². The highest BCUT2D eigenvalue weighted by Gasteiger charge is 2.25. The molecule has 4 rings (SSSR count). The molecule has 3 aromatic rings. The number of aromatic nitrogens is 4. The van der Waals surface area contributed by atoms with E-state index < -0.39 is 0 Å². The van der Waals surface area contributed by atoms with Crippen LogP contribution in [0.2, 0.25) is 0 Å². The van der Waals surface area contributed by atoms with Gasteiger partial charge in [0, 0.05) is 24.5 Å². The van der Waals surface area contributed by atoms with Crippen LogP contribution in [0.15, 0.2) is 53.6 Å². The molecule has 2 aromatic heterocycles. The van der Waals surface area contributed by atoms with Gasteiger partial charge in [0.1, 0.15) is 0 Å². The topological polar surface area (TPSA) is 92.7 Å². The Labute approximate surface area is 150 Å². The zero-order valence-corrected chi connectivity index (χ0v) is 14.2. The van der Waals surface area contributed by atoms with Gasteiger partial charge < -0.3 is 5.32 Å². The van der Waals surface area contributed by atoms with E-state index in [1.54, 1.807) is 23.0 Å². The second kappa shape index (κ2) is 6.95. The van der Waals surface area contributed by atoms with Gasteiger partial charge in [-0.1, -0.05) is 30.3 Å². The molecule has 7 heteroatoms. The van der Waals surface area contributed by atoms with Crippen molar-refractivity contribution in [3.8, 4) is 11.1 Å². The molecule has 0 saturated heterocycles. The number of rotatable bonds is 3. The molecule has 7 nitrogen and oxygen atoms in total. The van der Waals surface area contributed by atoms with Crippen LogP contribution in [0.25, 0.3) is 11.1 Å². The van der Waals surface area contributed by atoms with Crippen LogP contribution in [0.3, 0.4) is 0 Å². The van der Waals surface area contributed by atoms with Crippen LogP contribution in [-0.2, 0) is 6.54 Å². The Balaban J connectivity index is 1.65. The maximum Gasteiger partial charge on any atom is 0.343 e. The molecule has 26 heavy (non-hydrogen) atoms. The van der Waals surface area contributed by atoms with Crippen LogP contribution in [0.5, 0.6) is 0 Å². The summed E-state index contributed by atoms with van der Waals surface area (Å²) in [6, 6.07) is 11.1. The minimum atomic E-state index is -0.291. The van der Waals surface area contributed by atoms with Crippen molar-refractivity contribution in [1.82, 2.24) is 25.1 Å². The number of H-pyrrole nitrogens is 1. The molecule has 0 radical (unpaired) electrons.